The van der Waals surface area contributed by atoms with Crippen LogP contribution in [0, 0.1) is 29.1 Å². The van der Waals surface area contributed by atoms with Gasteiger partial charge in [-0.1, -0.05) is 23.7 Å². The molecule has 184 valence electrons. The largest absolute Gasteiger partial charge is 0.496 e. The SMILES string of the molecule is COc1ccccc1C(=O)Nc1ccc(N2CCN(c3c(F)c(F)c(F)c(F)c3F)CC2)c(Cl)c1. The number of carbonyl (C=O) groups excluding carboxylic acids is 1. The number of piperazine rings is 1. The first-order valence-corrected chi connectivity index (χ1v) is 10.9. The van der Waals surface area contributed by atoms with Crippen LogP contribution in [-0.4, -0.2) is 39.2 Å². The summed E-state index contributed by atoms with van der Waals surface area (Å²) in [6.07, 6.45) is 0. The van der Waals surface area contributed by atoms with Crippen molar-refractivity contribution in [1.29, 1.82) is 0 Å². The molecule has 3 aromatic carbocycles. The fourth-order valence-electron chi connectivity index (χ4n) is 3.91. The summed E-state index contributed by atoms with van der Waals surface area (Å²) >= 11 is 6.42. The lowest BCUT2D eigenvalue weighted by molar-refractivity contribution is 0.102. The third kappa shape index (κ3) is 4.70. The van der Waals surface area contributed by atoms with Crippen molar-refractivity contribution in [3.63, 3.8) is 0 Å². The van der Waals surface area contributed by atoms with Gasteiger partial charge in [0.1, 0.15) is 11.4 Å². The summed E-state index contributed by atoms with van der Waals surface area (Å²) in [7, 11) is 1.46. The summed E-state index contributed by atoms with van der Waals surface area (Å²) in [5.74, 6) is -9.83. The summed E-state index contributed by atoms with van der Waals surface area (Å²) in [5, 5.41) is 3.06. The first-order chi connectivity index (χ1) is 16.7. The first kappa shape index (κ1) is 24.6. The molecule has 0 unspecified atom stereocenters. The quantitative estimate of drug-likeness (QED) is 0.274. The Balaban J connectivity index is 1.46. The van der Waals surface area contributed by atoms with Crippen molar-refractivity contribution in [2.45, 2.75) is 0 Å². The van der Waals surface area contributed by atoms with Crippen molar-refractivity contribution in [1.82, 2.24) is 0 Å². The van der Waals surface area contributed by atoms with Crippen molar-refractivity contribution < 1.29 is 31.5 Å². The van der Waals surface area contributed by atoms with Crippen LogP contribution >= 0.6 is 11.6 Å². The summed E-state index contributed by atoms with van der Waals surface area (Å²) in [5.41, 5.74) is 0.440. The van der Waals surface area contributed by atoms with Crippen LogP contribution in [0.5, 0.6) is 5.75 Å². The molecule has 1 aliphatic heterocycles. The van der Waals surface area contributed by atoms with Crippen molar-refractivity contribution in [2.75, 3.05) is 48.4 Å². The molecule has 0 atom stereocenters. The average molecular weight is 512 g/mol. The Bertz CT molecular complexity index is 1250. The Morgan fingerprint density at radius 3 is 2.03 bits per heavy atom. The van der Waals surface area contributed by atoms with E-state index in [2.05, 4.69) is 5.32 Å². The zero-order chi connectivity index (χ0) is 25.3. The molecule has 1 saturated heterocycles. The number of carbonyl (C=O) groups is 1. The van der Waals surface area contributed by atoms with Gasteiger partial charge >= 0.3 is 0 Å². The predicted octanol–water partition coefficient (Wildman–Crippen LogP) is 5.62. The van der Waals surface area contributed by atoms with Crippen LogP contribution in [0.1, 0.15) is 10.4 Å². The van der Waals surface area contributed by atoms with Gasteiger partial charge in [0.05, 0.1) is 23.4 Å². The minimum absolute atomic E-state index is 0.000963. The fraction of sp³-hybridized carbons (Fsp3) is 0.208. The number of nitrogens with zero attached hydrogens (tertiary/aromatic N) is 2. The number of para-hydroxylation sites is 1. The molecule has 0 saturated carbocycles. The molecule has 0 spiro atoms. The highest BCUT2D eigenvalue weighted by Gasteiger charge is 2.31. The summed E-state index contributed by atoms with van der Waals surface area (Å²) in [6, 6.07) is 11.6. The maximum Gasteiger partial charge on any atom is 0.259 e. The minimum atomic E-state index is -2.19. The van der Waals surface area contributed by atoms with E-state index in [0.717, 1.165) is 4.90 Å². The van der Waals surface area contributed by atoms with Gasteiger partial charge in [-0.2, -0.15) is 0 Å². The number of nitrogens with one attached hydrogen (secondary N) is 1. The number of halogens is 6. The molecule has 11 heteroatoms. The Morgan fingerprint density at radius 2 is 1.43 bits per heavy atom. The van der Waals surface area contributed by atoms with Crippen LogP contribution < -0.4 is 19.9 Å². The highest BCUT2D eigenvalue weighted by Crippen LogP contribution is 2.34. The van der Waals surface area contributed by atoms with Gasteiger partial charge in [0.15, 0.2) is 23.3 Å². The number of rotatable bonds is 5. The monoisotopic (exact) mass is 511 g/mol. The summed E-state index contributed by atoms with van der Waals surface area (Å²) < 4.78 is 74.0. The maximum atomic E-state index is 14.2. The second-order valence-corrected chi connectivity index (χ2v) is 8.12. The molecule has 1 aliphatic rings. The molecule has 0 aromatic heterocycles. The molecule has 0 aliphatic carbocycles. The lowest BCUT2D eigenvalue weighted by Crippen LogP contribution is -2.47. The predicted molar refractivity (Wildman–Crippen MR) is 123 cm³/mol. The Labute approximate surface area is 202 Å². The molecule has 1 heterocycles. The van der Waals surface area contributed by atoms with E-state index in [1.165, 1.54) is 7.11 Å². The van der Waals surface area contributed by atoms with E-state index in [9.17, 15) is 26.7 Å². The molecule has 1 fully saturated rings. The maximum absolute atomic E-state index is 14.2. The van der Waals surface area contributed by atoms with Crippen LogP contribution in [0.3, 0.4) is 0 Å². The van der Waals surface area contributed by atoms with E-state index in [-0.39, 0.29) is 32.1 Å². The molecule has 5 nitrogen and oxygen atoms in total. The van der Waals surface area contributed by atoms with E-state index in [1.54, 1.807) is 42.5 Å². The molecule has 35 heavy (non-hydrogen) atoms. The molecule has 0 radical (unpaired) electrons. The van der Waals surface area contributed by atoms with Crippen LogP contribution in [0.15, 0.2) is 42.5 Å². The zero-order valence-corrected chi connectivity index (χ0v) is 19.1. The van der Waals surface area contributed by atoms with Gasteiger partial charge in [0.25, 0.3) is 5.91 Å². The lowest BCUT2D eigenvalue weighted by atomic mass is 10.1. The Kier molecular flexibility index (Phi) is 7.02. The van der Waals surface area contributed by atoms with E-state index in [4.69, 9.17) is 16.3 Å². The van der Waals surface area contributed by atoms with E-state index in [1.807, 2.05) is 4.90 Å². The van der Waals surface area contributed by atoms with Crippen LogP contribution in [0.4, 0.5) is 39.0 Å². The highest BCUT2D eigenvalue weighted by molar-refractivity contribution is 6.33. The third-order valence-electron chi connectivity index (χ3n) is 5.68. The summed E-state index contributed by atoms with van der Waals surface area (Å²) in [4.78, 5) is 15.5. The molecule has 4 rings (SSSR count). The van der Waals surface area contributed by atoms with Gasteiger partial charge in [0, 0.05) is 31.9 Å². The van der Waals surface area contributed by atoms with Crippen molar-refractivity contribution >= 4 is 34.6 Å². The van der Waals surface area contributed by atoms with Gasteiger partial charge in [0.2, 0.25) is 5.82 Å². The third-order valence-corrected chi connectivity index (χ3v) is 5.98. The van der Waals surface area contributed by atoms with Gasteiger partial charge in [-0.3, -0.25) is 4.79 Å². The number of hydrogen-bond acceptors (Lipinski definition) is 4. The van der Waals surface area contributed by atoms with Gasteiger partial charge in [-0.15, -0.1) is 0 Å². The number of amides is 1. The second kappa shape index (κ2) is 9.99. The molecule has 1 amide bonds. The number of methoxy groups -OCH3 is 1. The van der Waals surface area contributed by atoms with Crippen LogP contribution in [0.2, 0.25) is 5.02 Å². The smallest absolute Gasteiger partial charge is 0.259 e. The Morgan fingerprint density at radius 1 is 0.857 bits per heavy atom. The van der Waals surface area contributed by atoms with Gasteiger partial charge < -0.3 is 19.9 Å². The lowest BCUT2D eigenvalue weighted by Gasteiger charge is -2.38. The zero-order valence-electron chi connectivity index (χ0n) is 18.3. The number of benzene rings is 3. The standard InChI is InChI=1S/C24H19ClF5N3O2/c1-35-17-5-3-2-4-14(17)24(34)31-13-6-7-16(15(25)12-13)32-8-10-33(11-9-32)23-21(29)19(27)18(26)20(28)22(23)30/h2-7,12H,8-11H2,1H3,(H,31,34). The molecule has 1 N–H and O–H groups in total. The number of anilines is 3. The van der Waals surface area contributed by atoms with Crippen LogP contribution in [-0.2, 0) is 0 Å². The summed E-state index contributed by atoms with van der Waals surface area (Å²) in [6.45, 7) is 0.431. The molecular formula is C24H19ClF5N3O2. The second-order valence-electron chi connectivity index (χ2n) is 7.71. The van der Waals surface area contributed by atoms with E-state index >= 15 is 0 Å². The van der Waals surface area contributed by atoms with E-state index in [0.29, 0.717) is 27.7 Å². The average Bonchev–Trinajstić information content (AvgIpc) is 2.87. The fourth-order valence-corrected chi connectivity index (χ4v) is 4.21. The topological polar surface area (TPSA) is 44.8 Å². The molecular weight excluding hydrogens is 493 g/mol. The van der Waals surface area contributed by atoms with Crippen molar-refractivity contribution in [3.05, 3.63) is 82.1 Å². The van der Waals surface area contributed by atoms with Gasteiger partial charge in [-0.05, 0) is 30.3 Å². The van der Waals surface area contributed by atoms with E-state index < -0.39 is 34.8 Å². The highest BCUT2D eigenvalue weighted by atomic mass is 35.5. The number of hydrogen-bond donors (Lipinski definition) is 1. The van der Waals surface area contributed by atoms with Crippen molar-refractivity contribution in [2.24, 2.45) is 0 Å². The minimum Gasteiger partial charge on any atom is -0.496 e. The molecule has 0 bridgehead atoms. The molecule has 3 aromatic rings. The van der Waals surface area contributed by atoms with Gasteiger partial charge in [-0.25, -0.2) is 22.0 Å². The normalized spacial score (nSPS) is 13.7. The Hall–Kier alpha value is -3.53. The number of ether oxygens (including phenoxy) is 1. The van der Waals surface area contributed by atoms with Crippen molar-refractivity contribution in [3.8, 4) is 5.75 Å². The first-order valence-electron chi connectivity index (χ1n) is 10.5. The van der Waals surface area contributed by atoms with Crippen LogP contribution in [0.25, 0.3) is 0 Å².